The topological polar surface area (TPSA) is 72.5 Å². The molecule has 0 aliphatic carbocycles. The number of esters is 1. The third-order valence-corrected chi connectivity index (χ3v) is 2.39. The van der Waals surface area contributed by atoms with Crippen LogP contribution in [0.4, 0.5) is 5.69 Å². The number of nitrogen functional groups attached to an aromatic ring is 1. The number of benzene rings is 1. The fraction of sp³-hybridized carbons (Fsp3) is 0.125. The van der Waals surface area contributed by atoms with Crippen molar-refractivity contribution in [3.63, 3.8) is 0 Å². The minimum atomic E-state index is -0.748. The number of aromatic hydroxyl groups is 1. The Kier molecular flexibility index (Phi) is 3.08. The van der Waals surface area contributed by atoms with Gasteiger partial charge in [-0.1, -0.05) is 23.2 Å². The molecule has 0 fully saturated rings. The zero-order valence-corrected chi connectivity index (χ0v) is 8.69. The van der Waals surface area contributed by atoms with E-state index in [1.165, 1.54) is 7.11 Å². The zero-order chi connectivity index (χ0) is 10.9. The molecule has 0 aliphatic heterocycles. The van der Waals surface area contributed by atoms with Crippen molar-refractivity contribution in [2.45, 2.75) is 0 Å². The number of carbonyl (C=O) groups excluding carboxylic acids is 1. The Balaban J connectivity index is 3.47. The summed E-state index contributed by atoms with van der Waals surface area (Å²) >= 11 is 11.4. The van der Waals surface area contributed by atoms with E-state index in [4.69, 9.17) is 28.9 Å². The average molecular weight is 236 g/mol. The Morgan fingerprint density at radius 3 is 2.57 bits per heavy atom. The van der Waals surface area contributed by atoms with Gasteiger partial charge in [-0.25, -0.2) is 4.79 Å². The molecular formula is C8H7Cl2NO3. The Hall–Kier alpha value is -1.13. The van der Waals surface area contributed by atoms with Crippen LogP contribution in [-0.2, 0) is 4.74 Å². The van der Waals surface area contributed by atoms with Gasteiger partial charge in [-0.05, 0) is 0 Å². The largest absolute Gasteiger partial charge is 0.506 e. The highest BCUT2D eigenvalue weighted by atomic mass is 35.5. The van der Waals surface area contributed by atoms with Gasteiger partial charge in [0.1, 0.15) is 11.3 Å². The van der Waals surface area contributed by atoms with Gasteiger partial charge in [-0.15, -0.1) is 0 Å². The predicted octanol–water partition coefficient (Wildman–Crippen LogP) is 2.07. The summed E-state index contributed by atoms with van der Waals surface area (Å²) in [6.07, 6.45) is 0. The van der Waals surface area contributed by atoms with Crippen LogP contribution in [0.15, 0.2) is 6.07 Å². The molecule has 0 radical (unpaired) electrons. The number of ether oxygens (including phenoxy) is 1. The monoisotopic (exact) mass is 235 g/mol. The van der Waals surface area contributed by atoms with Crippen LogP contribution in [-0.4, -0.2) is 18.2 Å². The highest BCUT2D eigenvalue weighted by molar-refractivity contribution is 6.41. The molecular weight excluding hydrogens is 229 g/mol. The number of rotatable bonds is 1. The number of phenolic OH excluding ortho intramolecular Hbond substituents is 1. The second-order valence-electron chi connectivity index (χ2n) is 2.48. The van der Waals surface area contributed by atoms with Crippen molar-refractivity contribution in [2.24, 2.45) is 0 Å². The summed E-state index contributed by atoms with van der Waals surface area (Å²) in [4.78, 5) is 11.2. The maximum absolute atomic E-state index is 11.2. The molecule has 0 aromatic heterocycles. The van der Waals surface area contributed by atoms with Gasteiger partial charge in [0.05, 0.1) is 22.8 Å². The fourth-order valence-corrected chi connectivity index (χ4v) is 1.42. The summed E-state index contributed by atoms with van der Waals surface area (Å²) in [6, 6.07) is 1.16. The smallest absolute Gasteiger partial charge is 0.341 e. The molecule has 0 atom stereocenters. The molecule has 0 heterocycles. The highest BCUT2D eigenvalue weighted by Gasteiger charge is 2.20. The molecule has 0 bridgehead atoms. The van der Waals surface area contributed by atoms with Gasteiger partial charge in [-0.2, -0.15) is 0 Å². The molecule has 0 amide bonds. The van der Waals surface area contributed by atoms with Crippen molar-refractivity contribution in [3.05, 3.63) is 21.7 Å². The molecule has 0 saturated heterocycles. The summed E-state index contributed by atoms with van der Waals surface area (Å²) < 4.78 is 4.43. The molecule has 3 N–H and O–H groups in total. The predicted molar refractivity (Wildman–Crippen MR) is 53.9 cm³/mol. The summed E-state index contributed by atoms with van der Waals surface area (Å²) in [5.74, 6) is -1.06. The van der Waals surface area contributed by atoms with Gasteiger partial charge in [-0.3, -0.25) is 0 Å². The Labute approximate surface area is 90.2 Å². The van der Waals surface area contributed by atoms with Crippen LogP contribution in [0.25, 0.3) is 0 Å². The first-order valence-corrected chi connectivity index (χ1v) is 4.29. The lowest BCUT2D eigenvalue weighted by molar-refractivity contribution is 0.0601. The van der Waals surface area contributed by atoms with E-state index in [0.29, 0.717) is 0 Å². The molecule has 4 nitrogen and oxygen atoms in total. The zero-order valence-electron chi connectivity index (χ0n) is 7.17. The number of anilines is 1. The van der Waals surface area contributed by atoms with Crippen LogP contribution in [0, 0.1) is 0 Å². The first-order valence-electron chi connectivity index (χ1n) is 3.53. The maximum Gasteiger partial charge on any atom is 0.341 e. The van der Waals surface area contributed by atoms with Gasteiger partial charge >= 0.3 is 5.97 Å². The average Bonchev–Trinajstić information content (AvgIpc) is 2.15. The lowest BCUT2D eigenvalue weighted by Gasteiger charge is -2.08. The van der Waals surface area contributed by atoms with E-state index in [0.717, 1.165) is 6.07 Å². The van der Waals surface area contributed by atoms with E-state index < -0.39 is 5.97 Å². The number of methoxy groups -OCH3 is 1. The quantitative estimate of drug-likeness (QED) is 0.578. The fourth-order valence-electron chi connectivity index (χ4n) is 0.924. The molecule has 0 spiro atoms. The minimum absolute atomic E-state index is 0.0281. The SMILES string of the molecule is COC(=O)c1c(Cl)c(N)cc(O)c1Cl. The number of nitrogens with two attached hydrogens (primary N) is 1. The molecule has 1 rings (SSSR count). The number of carbonyl (C=O) groups is 1. The van der Waals surface area contributed by atoms with Crippen LogP contribution >= 0.6 is 23.2 Å². The molecule has 0 aliphatic rings. The van der Waals surface area contributed by atoms with Crippen molar-refractivity contribution >= 4 is 34.9 Å². The van der Waals surface area contributed by atoms with E-state index in [9.17, 15) is 9.90 Å². The highest BCUT2D eigenvalue weighted by Crippen LogP contribution is 2.37. The van der Waals surface area contributed by atoms with E-state index in [1.807, 2.05) is 0 Å². The van der Waals surface area contributed by atoms with E-state index >= 15 is 0 Å². The van der Waals surface area contributed by atoms with Gasteiger partial charge in [0.15, 0.2) is 0 Å². The first kappa shape index (κ1) is 10.9. The standard InChI is InChI=1S/C8H7Cl2NO3/c1-14-8(13)5-6(9)3(11)2-4(12)7(5)10/h2,12H,11H2,1H3. The summed E-state index contributed by atoms with van der Waals surface area (Å²) in [7, 11) is 1.18. The van der Waals surface area contributed by atoms with E-state index in [1.54, 1.807) is 0 Å². The van der Waals surface area contributed by atoms with E-state index in [-0.39, 0.29) is 27.0 Å². The lowest BCUT2D eigenvalue weighted by Crippen LogP contribution is -2.05. The molecule has 6 heteroatoms. The number of halogens is 2. The maximum atomic E-state index is 11.2. The van der Waals surface area contributed by atoms with Crippen molar-refractivity contribution in [1.29, 1.82) is 0 Å². The van der Waals surface area contributed by atoms with Crippen LogP contribution in [0.1, 0.15) is 10.4 Å². The van der Waals surface area contributed by atoms with Crippen molar-refractivity contribution in [1.82, 2.24) is 0 Å². The molecule has 14 heavy (non-hydrogen) atoms. The van der Waals surface area contributed by atoms with Gasteiger partial charge in [0.25, 0.3) is 0 Å². The summed E-state index contributed by atoms with van der Waals surface area (Å²) in [5.41, 5.74) is 5.36. The Morgan fingerprint density at radius 2 is 2.07 bits per heavy atom. The van der Waals surface area contributed by atoms with Crippen molar-refractivity contribution in [2.75, 3.05) is 12.8 Å². The summed E-state index contributed by atoms with van der Waals surface area (Å²) in [6.45, 7) is 0. The summed E-state index contributed by atoms with van der Waals surface area (Å²) in [5, 5.41) is 9.07. The molecule has 1 aromatic carbocycles. The third kappa shape index (κ3) is 1.71. The minimum Gasteiger partial charge on any atom is -0.506 e. The first-order chi connectivity index (χ1) is 6.49. The second-order valence-corrected chi connectivity index (χ2v) is 3.24. The van der Waals surface area contributed by atoms with Crippen LogP contribution in [0.2, 0.25) is 10.0 Å². The molecule has 0 unspecified atom stereocenters. The van der Waals surface area contributed by atoms with E-state index in [2.05, 4.69) is 4.74 Å². The van der Waals surface area contributed by atoms with Gasteiger partial charge in [0, 0.05) is 6.07 Å². The Bertz CT molecular complexity index is 366. The molecule has 76 valence electrons. The van der Waals surface area contributed by atoms with Gasteiger partial charge < -0.3 is 15.6 Å². The number of hydrogen-bond acceptors (Lipinski definition) is 4. The normalized spacial score (nSPS) is 9.93. The molecule has 0 saturated carbocycles. The van der Waals surface area contributed by atoms with Crippen molar-refractivity contribution in [3.8, 4) is 5.75 Å². The molecule has 1 aromatic rings. The second kappa shape index (κ2) is 3.94. The Morgan fingerprint density at radius 1 is 1.50 bits per heavy atom. The van der Waals surface area contributed by atoms with Crippen molar-refractivity contribution < 1.29 is 14.6 Å². The number of hydrogen-bond donors (Lipinski definition) is 2. The van der Waals surface area contributed by atoms with Crippen LogP contribution in [0.5, 0.6) is 5.75 Å². The lowest BCUT2D eigenvalue weighted by atomic mass is 10.2. The van der Waals surface area contributed by atoms with Crippen LogP contribution < -0.4 is 5.73 Å². The third-order valence-electron chi connectivity index (χ3n) is 1.60. The van der Waals surface area contributed by atoms with Crippen LogP contribution in [0.3, 0.4) is 0 Å². The number of phenols is 1. The van der Waals surface area contributed by atoms with Gasteiger partial charge in [0.2, 0.25) is 0 Å².